The van der Waals surface area contributed by atoms with E-state index in [1.54, 1.807) is 14.2 Å². The van der Waals surface area contributed by atoms with Crippen LogP contribution in [0, 0.1) is 5.92 Å². The molecule has 0 aromatic carbocycles. The van der Waals surface area contributed by atoms with Crippen LogP contribution in [0.3, 0.4) is 0 Å². The zero-order chi connectivity index (χ0) is 12.7. The third-order valence-electron chi connectivity index (χ3n) is 3.20. The van der Waals surface area contributed by atoms with Crippen LogP contribution in [0.15, 0.2) is 0 Å². The second-order valence-electron chi connectivity index (χ2n) is 4.64. The lowest BCUT2D eigenvalue weighted by molar-refractivity contribution is 0.199. The summed E-state index contributed by atoms with van der Waals surface area (Å²) in [5.41, 5.74) is 0. The molecule has 0 radical (unpaired) electrons. The van der Waals surface area contributed by atoms with E-state index >= 15 is 0 Å². The maximum absolute atomic E-state index is 11.9. The molecule has 17 heavy (non-hydrogen) atoms. The standard InChI is InChI=1S/C11H24N2O3S/c1-13(10-11-4-6-12-7-5-11)17(14,15)9-3-8-16-2/h11-12H,3-10H2,1-2H3. The highest BCUT2D eigenvalue weighted by Crippen LogP contribution is 2.14. The summed E-state index contributed by atoms with van der Waals surface area (Å²) in [6, 6.07) is 0. The summed E-state index contributed by atoms with van der Waals surface area (Å²) < 4.78 is 30.3. The van der Waals surface area contributed by atoms with Gasteiger partial charge in [0.15, 0.2) is 0 Å². The molecule has 102 valence electrons. The van der Waals surface area contributed by atoms with Crippen LogP contribution in [0.4, 0.5) is 0 Å². The normalized spacial score (nSPS) is 18.8. The Morgan fingerprint density at radius 2 is 2.00 bits per heavy atom. The first kappa shape index (κ1) is 14.9. The van der Waals surface area contributed by atoms with Crippen molar-refractivity contribution in [1.82, 2.24) is 9.62 Å². The summed E-state index contributed by atoms with van der Waals surface area (Å²) in [7, 11) is 0.174. The number of rotatable bonds is 7. The molecule has 1 rings (SSSR count). The molecule has 0 atom stereocenters. The van der Waals surface area contributed by atoms with E-state index in [-0.39, 0.29) is 5.75 Å². The van der Waals surface area contributed by atoms with Crippen molar-refractivity contribution in [2.45, 2.75) is 19.3 Å². The molecule has 0 bridgehead atoms. The zero-order valence-electron chi connectivity index (χ0n) is 10.8. The molecule has 1 heterocycles. The number of sulfonamides is 1. The highest BCUT2D eigenvalue weighted by Gasteiger charge is 2.22. The molecule has 0 unspecified atom stereocenters. The smallest absolute Gasteiger partial charge is 0.213 e. The summed E-state index contributed by atoms with van der Waals surface area (Å²) in [6.45, 7) is 3.15. The number of ether oxygens (including phenoxy) is 1. The lowest BCUT2D eigenvalue weighted by Crippen LogP contribution is -2.38. The minimum Gasteiger partial charge on any atom is -0.385 e. The first-order valence-corrected chi connectivity index (χ1v) is 7.81. The second kappa shape index (κ2) is 7.31. The van der Waals surface area contributed by atoms with Crippen molar-refractivity contribution in [3.8, 4) is 0 Å². The predicted molar refractivity (Wildman–Crippen MR) is 68.5 cm³/mol. The Kier molecular flexibility index (Phi) is 6.40. The van der Waals surface area contributed by atoms with Gasteiger partial charge in [0.25, 0.3) is 0 Å². The molecule has 5 nitrogen and oxygen atoms in total. The monoisotopic (exact) mass is 264 g/mol. The third kappa shape index (κ3) is 5.33. The summed E-state index contributed by atoms with van der Waals surface area (Å²) >= 11 is 0. The van der Waals surface area contributed by atoms with Gasteiger partial charge in [-0.2, -0.15) is 0 Å². The van der Waals surface area contributed by atoms with Crippen molar-refractivity contribution >= 4 is 10.0 Å². The minimum atomic E-state index is -3.10. The van der Waals surface area contributed by atoms with E-state index in [0.717, 1.165) is 25.9 Å². The highest BCUT2D eigenvalue weighted by atomic mass is 32.2. The average Bonchev–Trinajstić information content (AvgIpc) is 2.30. The molecular formula is C11H24N2O3S. The van der Waals surface area contributed by atoms with Gasteiger partial charge in [0.1, 0.15) is 0 Å². The van der Waals surface area contributed by atoms with Crippen molar-refractivity contribution in [1.29, 1.82) is 0 Å². The molecule has 0 amide bonds. The molecule has 0 aliphatic carbocycles. The quantitative estimate of drug-likeness (QED) is 0.671. The van der Waals surface area contributed by atoms with Crippen LogP contribution in [0.2, 0.25) is 0 Å². The second-order valence-corrected chi connectivity index (χ2v) is 6.83. The summed E-state index contributed by atoms with van der Waals surface area (Å²) in [4.78, 5) is 0. The molecule has 0 aromatic heterocycles. The first-order chi connectivity index (χ1) is 8.06. The lowest BCUT2D eigenvalue weighted by Gasteiger charge is -2.27. The Bertz CT molecular complexity index is 300. The van der Waals surface area contributed by atoms with Gasteiger partial charge in [-0.1, -0.05) is 0 Å². The van der Waals surface area contributed by atoms with Gasteiger partial charge in [-0.05, 0) is 38.3 Å². The third-order valence-corrected chi connectivity index (χ3v) is 5.10. The average molecular weight is 264 g/mol. The Labute approximate surface area is 105 Å². The van der Waals surface area contributed by atoms with Crippen molar-refractivity contribution < 1.29 is 13.2 Å². The highest BCUT2D eigenvalue weighted by molar-refractivity contribution is 7.89. The van der Waals surface area contributed by atoms with E-state index < -0.39 is 10.0 Å². The van der Waals surface area contributed by atoms with E-state index in [9.17, 15) is 8.42 Å². The van der Waals surface area contributed by atoms with E-state index in [1.165, 1.54) is 4.31 Å². The van der Waals surface area contributed by atoms with Gasteiger partial charge in [0.2, 0.25) is 10.0 Å². The van der Waals surface area contributed by atoms with Crippen LogP contribution in [0.5, 0.6) is 0 Å². The minimum absolute atomic E-state index is 0.183. The lowest BCUT2D eigenvalue weighted by atomic mass is 9.98. The SMILES string of the molecule is COCCCS(=O)(=O)N(C)CC1CCNCC1. The van der Waals surface area contributed by atoms with Gasteiger partial charge < -0.3 is 10.1 Å². The number of hydrogen-bond donors (Lipinski definition) is 1. The molecule has 1 aliphatic rings. The van der Waals surface area contributed by atoms with Crippen molar-refractivity contribution in [2.24, 2.45) is 5.92 Å². The fourth-order valence-corrected chi connectivity index (χ4v) is 3.32. The number of methoxy groups -OCH3 is 1. The predicted octanol–water partition coefficient (Wildman–Crippen LogP) is 0.284. The summed E-state index contributed by atoms with van der Waals surface area (Å²) in [5.74, 6) is 0.681. The number of piperidine rings is 1. The van der Waals surface area contributed by atoms with E-state index in [4.69, 9.17) is 4.74 Å². The van der Waals surface area contributed by atoms with Gasteiger partial charge in [0.05, 0.1) is 5.75 Å². The Morgan fingerprint density at radius 3 is 2.59 bits per heavy atom. The van der Waals surface area contributed by atoms with Crippen molar-refractivity contribution in [3.05, 3.63) is 0 Å². The van der Waals surface area contributed by atoms with Gasteiger partial charge in [-0.3, -0.25) is 0 Å². The maximum Gasteiger partial charge on any atom is 0.213 e. The van der Waals surface area contributed by atoms with Crippen molar-refractivity contribution in [2.75, 3.05) is 46.2 Å². The molecule has 1 N–H and O–H groups in total. The molecular weight excluding hydrogens is 240 g/mol. The molecule has 1 saturated heterocycles. The maximum atomic E-state index is 11.9. The number of hydrogen-bond acceptors (Lipinski definition) is 4. The van der Waals surface area contributed by atoms with Crippen molar-refractivity contribution in [3.63, 3.8) is 0 Å². The first-order valence-electron chi connectivity index (χ1n) is 6.20. The van der Waals surface area contributed by atoms with Crippen LogP contribution < -0.4 is 5.32 Å². The molecule has 0 aromatic rings. The summed E-state index contributed by atoms with van der Waals surface area (Å²) in [6.07, 6.45) is 2.70. The zero-order valence-corrected chi connectivity index (χ0v) is 11.6. The number of nitrogens with one attached hydrogen (secondary N) is 1. The fraction of sp³-hybridized carbons (Fsp3) is 1.00. The Morgan fingerprint density at radius 1 is 1.35 bits per heavy atom. The van der Waals surface area contributed by atoms with E-state index in [2.05, 4.69) is 5.32 Å². The van der Waals surface area contributed by atoms with Gasteiger partial charge in [-0.25, -0.2) is 12.7 Å². The number of nitrogens with zero attached hydrogens (tertiary/aromatic N) is 1. The van der Waals surface area contributed by atoms with Gasteiger partial charge in [-0.15, -0.1) is 0 Å². The molecule has 6 heteroatoms. The summed E-state index contributed by atoms with van der Waals surface area (Å²) in [5, 5.41) is 3.28. The Balaban J connectivity index is 2.36. The Hall–Kier alpha value is -0.170. The largest absolute Gasteiger partial charge is 0.385 e. The molecule has 0 saturated carbocycles. The molecule has 0 spiro atoms. The van der Waals surface area contributed by atoms with Gasteiger partial charge in [0, 0.05) is 27.3 Å². The van der Waals surface area contributed by atoms with Crippen LogP contribution in [0.25, 0.3) is 0 Å². The molecule has 1 fully saturated rings. The molecule has 1 aliphatic heterocycles. The van der Waals surface area contributed by atoms with E-state index in [1.807, 2.05) is 0 Å². The fourth-order valence-electron chi connectivity index (χ4n) is 2.08. The van der Waals surface area contributed by atoms with Gasteiger partial charge >= 0.3 is 0 Å². The van der Waals surface area contributed by atoms with Crippen LogP contribution in [-0.2, 0) is 14.8 Å². The van der Waals surface area contributed by atoms with Crippen LogP contribution in [-0.4, -0.2) is 58.9 Å². The van der Waals surface area contributed by atoms with Crippen LogP contribution >= 0.6 is 0 Å². The van der Waals surface area contributed by atoms with Crippen LogP contribution in [0.1, 0.15) is 19.3 Å². The van der Waals surface area contributed by atoms with E-state index in [0.29, 0.717) is 25.5 Å². The topological polar surface area (TPSA) is 58.6 Å².